The van der Waals surface area contributed by atoms with Gasteiger partial charge < -0.3 is 24.4 Å². The first-order valence-corrected chi connectivity index (χ1v) is 32.8. The molecule has 6 saturated heterocycles. The van der Waals surface area contributed by atoms with Gasteiger partial charge in [-0.2, -0.15) is 0 Å². The summed E-state index contributed by atoms with van der Waals surface area (Å²) < 4.78 is 70.6. The topological polar surface area (TPSA) is 126 Å². The number of halogens is 4. The first kappa shape index (κ1) is 71.3. The maximum atomic E-state index is 13.8. The van der Waals surface area contributed by atoms with Gasteiger partial charge >= 0.3 is 0 Å². The first-order chi connectivity index (χ1) is 42.6. The fourth-order valence-corrected chi connectivity index (χ4v) is 13.8. The minimum Gasteiger partial charge on any atom is -0.492 e. The van der Waals surface area contributed by atoms with E-state index in [4.69, 9.17) is 24.4 Å². The molecule has 6 fully saturated rings. The molecule has 5 unspecified atom stereocenters. The highest BCUT2D eigenvalue weighted by atomic mass is 19.1. The van der Waals surface area contributed by atoms with Crippen molar-refractivity contribution in [1.82, 2.24) is 44.4 Å². The predicted octanol–water partition coefficient (Wildman–Crippen LogP) is 13.5. The second-order valence-electron chi connectivity index (χ2n) is 26.9. The molecule has 14 nitrogen and oxygen atoms in total. The van der Waals surface area contributed by atoms with Crippen molar-refractivity contribution in [2.75, 3.05) is 92.4 Å². The number of nitrogens with zero attached hydrogens (tertiary/aromatic N) is 9. The van der Waals surface area contributed by atoms with Crippen LogP contribution in [0.3, 0.4) is 0 Å². The second-order valence-corrected chi connectivity index (χ2v) is 26.9. The van der Waals surface area contributed by atoms with E-state index < -0.39 is 0 Å². The molecule has 492 valence electrons. The SMILES string of the molecule is CC(C)(C)N1CCCC1c1ccccn1.CC(C)(C)N1CCCC1c1cncc(F)c1.CC(C)N1CCCC1c1cc(F)ccc1OCCN1CCOCC1.CC(C)N1CCCC1c1cc(F)ccc1OCCO.CN1CCCC1c1cc(F)cnc1CO. The van der Waals surface area contributed by atoms with Crippen molar-refractivity contribution < 1.29 is 42.0 Å². The lowest BCUT2D eigenvalue weighted by Crippen LogP contribution is -2.40. The summed E-state index contributed by atoms with van der Waals surface area (Å²) in [6.07, 6.45) is 17.4. The molecule has 3 aromatic heterocycles. The van der Waals surface area contributed by atoms with Crippen LogP contribution in [0.1, 0.15) is 197 Å². The number of aliphatic hydroxyl groups excluding tert-OH is 2. The lowest BCUT2D eigenvalue weighted by Gasteiger charge is -2.37. The molecule has 0 aliphatic carbocycles. The fraction of sp³-hybridized carbons (Fsp3) is 0.620. The number of aromatic nitrogens is 3. The molecular formula is C71H105F4N9O5. The first-order valence-electron chi connectivity index (χ1n) is 32.8. The van der Waals surface area contributed by atoms with Crippen LogP contribution in [0, 0.1) is 23.3 Å². The van der Waals surface area contributed by atoms with Gasteiger partial charge in [-0.05, 0) is 245 Å². The molecule has 18 heteroatoms. The van der Waals surface area contributed by atoms with Gasteiger partial charge in [-0.1, -0.05) is 6.07 Å². The van der Waals surface area contributed by atoms with E-state index >= 15 is 0 Å². The Morgan fingerprint density at radius 3 is 1.58 bits per heavy atom. The highest BCUT2D eigenvalue weighted by Crippen LogP contribution is 2.42. The minimum atomic E-state index is -0.331. The molecule has 5 aromatic rings. The largest absolute Gasteiger partial charge is 0.492 e. The van der Waals surface area contributed by atoms with Crippen LogP contribution >= 0.6 is 0 Å². The van der Waals surface area contributed by atoms with E-state index in [-0.39, 0.29) is 72.3 Å². The molecule has 0 spiro atoms. The minimum absolute atomic E-state index is 0.0324. The number of ether oxygens (including phenoxy) is 3. The Hall–Kier alpha value is -5.15. The Balaban J connectivity index is 0.000000160. The quantitative estimate of drug-likeness (QED) is 0.0966. The molecule has 2 aromatic carbocycles. The maximum absolute atomic E-state index is 13.8. The lowest BCUT2D eigenvalue weighted by atomic mass is 10.0. The van der Waals surface area contributed by atoms with E-state index in [1.807, 2.05) is 19.3 Å². The van der Waals surface area contributed by atoms with Gasteiger partial charge in [-0.25, -0.2) is 17.6 Å². The van der Waals surface area contributed by atoms with Crippen molar-refractivity contribution in [3.05, 3.63) is 148 Å². The molecule has 6 aliphatic heterocycles. The third-order valence-corrected chi connectivity index (χ3v) is 18.1. The maximum Gasteiger partial charge on any atom is 0.141 e. The summed E-state index contributed by atoms with van der Waals surface area (Å²) in [5, 5.41) is 18.0. The van der Waals surface area contributed by atoms with Gasteiger partial charge in [0.05, 0.1) is 56.3 Å². The number of aliphatic hydroxyl groups is 2. The van der Waals surface area contributed by atoms with E-state index in [1.54, 1.807) is 36.5 Å². The second kappa shape index (κ2) is 34.5. The van der Waals surface area contributed by atoms with Crippen molar-refractivity contribution in [1.29, 1.82) is 0 Å². The number of rotatable bonds is 15. The van der Waals surface area contributed by atoms with E-state index in [0.29, 0.717) is 42.2 Å². The number of pyridine rings is 3. The molecule has 0 bridgehead atoms. The van der Waals surface area contributed by atoms with E-state index in [0.717, 1.165) is 138 Å². The number of benzene rings is 2. The summed E-state index contributed by atoms with van der Waals surface area (Å²) >= 11 is 0. The number of hydrogen-bond acceptors (Lipinski definition) is 14. The van der Waals surface area contributed by atoms with Gasteiger partial charge in [0.25, 0.3) is 0 Å². The summed E-state index contributed by atoms with van der Waals surface area (Å²) in [5.74, 6) is 0.541. The predicted molar refractivity (Wildman–Crippen MR) is 346 cm³/mol. The standard InChI is InChI=1S/C19H29FN2O2.C15H22FNO2.C13H19FN2.C13H20N2.C11H15FN2O/c1-15(2)22-7-3-4-18(22)17-14-16(20)5-6-19(17)24-13-10-21-8-11-23-12-9-21;1-11(2)17-7-3-4-14(17)13-10-12(16)5-6-15(13)19-9-8-18;1-13(2,3)16-6-4-5-12(16)10-7-11(14)9-15-8-10;1-13(2,3)15-10-6-8-12(15)11-7-4-5-9-14-11;1-14-4-2-3-11(14)9-5-8(12)6-13-10(9)7-15/h5-6,14-15,18H,3-4,7-13H2,1-2H3;5-6,10-11,14,18H,3-4,7-9H2,1-2H3;7-9,12H,4-6H2,1-3H3;4-5,7,9,12H,6,8,10H2,1-3H3;5-6,11,15H,2-4,7H2,1H3. The Kier molecular flexibility index (Phi) is 27.6. The molecule has 11 rings (SSSR count). The molecule has 2 N–H and O–H groups in total. The summed E-state index contributed by atoms with van der Waals surface area (Å²) in [6, 6.07) is 21.3. The van der Waals surface area contributed by atoms with Crippen molar-refractivity contribution in [2.45, 2.75) is 193 Å². The van der Waals surface area contributed by atoms with Crippen LogP contribution in [-0.4, -0.2) is 170 Å². The Morgan fingerprint density at radius 1 is 0.551 bits per heavy atom. The molecule has 9 heterocycles. The molecule has 89 heavy (non-hydrogen) atoms. The summed E-state index contributed by atoms with van der Waals surface area (Å²) in [7, 11) is 2.02. The normalized spacial score (nSPS) is 22.3. The van der Waals surface area contributed by atoms with Gasteiger partial charge in [0.15, 0.2) is 0 Å². The van der Waals surface area contributed by atoms with E-state index in [9.17, 15) is 17.6 Å². The zero-order valence-corrected chi connectivity index (χ0v) is 55.3. The van der Waals surface area contributed by atoms with E-state index in [1.165, 1.54) is 55.9 Å². The summed E-state index contributed by atoms with van der Waals surface area (Å²) in [5.41, 5.74) is 5.94. The molecule has 6 aliphatic rings. The number of likely N-dealkylation sites (tertiary alicyclic amines) is 5. The third kappa shape index (κ3) is 20.7. The third-order valence-electron chi connectivity index (χ3n) is 18.1. The molecular weight excluding hydrogens is 1130 g/mol. The van der Waals surface area contributed by atoms with E-state index in [2.05, 4.69) is 126 Å². The van der Waals surface area contributed by atoms with Crippen molar-refractivity contribution in [3.63, 3.8) is 0 Å². The fourth-order valence-electron chi connectivity index (χ4n) is 13.8. The summed E-state index contributed by atoms with van der Waals surface area (Å²) in [6.45, 7) is 32.8. The van der Waals surface area contributed by atoms with Crippen LogP contribution in [0.15, 0.2) is 91.5 Å². The Bertz CT molecular complexity index is 2890. The van der Waals surface area contributed by atoms with Gasteiger partial charge in [0.2, 0.25) is 0 Å². The van der Waals surface area contributed by atoms with Gasteiger partial charge in [0.1, 0.15) is 48.0 Å². The van der Waals surface area contributed by atoms with Crippen LogP contribution in [-0.2, 0) is 11.3 Å². The Labute approximate surface area is 530 Å². The van der Waals surface area contributed by atoms with Crippen LogP contribution in [0.4, 0.5) is 17.6 Å². The van der Waals surface area contributed by atoms with Gasteiger partial charge in [0, 0.05) is 90.5 Å². The monoisotopic (exact) mass is 1240 g/mol. The number of morpholine rings is 1. The molecule has 0 amide bonds. The molecule has 0 saturated carbocycles. The van der Waals surface area contributed by atoms with Crippen molar-refractivity contribution in [2.24, 2.45) is 0 Å². The highest BCUT2D eigenvalue weighted by Gasteiger charge is 2.37. The van der Waals surface area contributed by atoms with Crippen LogP contribution in [0.25, 0.3) is 0 Å². The Morgan fingerprint density at radius 2 is 1.07 bits per heavy atom. The number of hydrogen-bond donors (Lipinski definition) is 2. The van der Waals surface area contributed by atoms with Crippen molar-refractivity contribution >= 4 is 0 Å². The summed E-state index contributed by atoms with van der Waals surface area (Å²) in [4.78, 5) is 26.7. The zero-order valence-electron chi connectivity index (χ0n) is 55.3. The van der Waals surface area contributed by atoms with Gasteiger partial charge in [-0.15, -0.1) is 0 Å². The molecule has 5 atom stereocenters. The van der Waals surface area contributed by atoms with Crippen LogP contribution < -0.4 is 9.47 Å². The van der Waals surface area contributed by atoms with Crippen LogP contribution in [0.2, 0.25) is 0 Å². The average molecular weight is 1240 g/mol. The molecule has 0 radical (unpaired) electrons. The van der Waals surface area contributed by atoms with Gasteiger partial charge in [-0.3, -0.25) is 44.4 Å². The highest BCUT2D eigenvalue weighted by molar-refractivity contribution is 5.38. The lowest BCUT2D eigenvalue weighted by molar-refractivity contribution is 0.0321. The van der Waals surface area contributed by atoms with Crippen LogP contribution in [0.5, 0.6) is 11.5 Å². The average Bonchev–Trinajstić information content (AvgIpc) is 3.28. The van der Waals surface area contributed by atoms with Crippen molar-refractivity contribution in [3.8, 4) is 11.5 Å². The smallest absolute Gasteiger partial charge is 0.141 e. The zero-order chi connectivity index (χ0) is 64.3.